The second kappa shape index (κ2) is 8.30. The molecule has 2 aromatic rings. The van der Waals surface area contributed by atoms with E-state index in [1.165, 1.54) is 5.56 Å². The van der Waals surface area contributed by atoms with Crippen molar-refractivity contribution in [3.63, 3.8) is 0 Å². The minimum atomic E-state index is -0.0233. The number of likely N-dealkylation sites (tertiary alicyclic amines) is 1. The maximum absolute atomic E-state index is 12.4. The highest BCUT2D eigenvalue weighted by molar-refractivity contribution is 6.30. The summed E-state index contributed by atoms with van der Waals surface area (Å²) in [7, 11) is 0. The average Bonchev–Trinajstić information content (AvgIpc) is 2.62. The fourth-order valence-corrected chi connectivity index (χ4v) is 3.15. The van der Waals surface area contributed by atoms with Gasteiger partial charge in [-0.3, -0.25) is 4.79 Å². The molecule has 1 aromatic carbocycles. The Morgan fingerprint density at radius 1 is 1.24 bits per heavy atom. The van der Waals surface area contributed by atoms with Gasteiger partial charge in [-0.2, -0.15) is 0 Å². The van der Waals surface area contributed by atoms with Crippen molar-refractivity contribution in [1.29, 1.82) is 0 Å². The first-order valence-electron chi connectivity index (χ1n) is 8.73. The number of nitrogens with zero attached hydrogens (tertiary/aromatic N) is 3. The third-order valence-corrected chi connectivity index (χ3v) is 4.80. The molecular weight excluding hydrogens is 336 g/mol. The molecule has 0 bridgehead atoms. The first-order valence-corrected chi connectivity index (χ1v) is 9.11. The standard InChI is InChI=1S/C19H23ClN4O/c1-14-8-11-24(12-9-14)19(25)17-5-6-18(23-22-17)21-10-7-15-3-2-4-16(20)13-15/h2-6,13-14H,7-12H2,1H3,(H,21,23). The number of rotatable bonds is 5. The number of anilines is 1. The van der Waals surface area contributed by atoms with E-state index in [4.69, 9.17) is 11.6 Å². The van der Waals surface area contributed by atoms with Crippen LogP contribution in [0.1, 0.15) is 35.8 Å². The van der Waals surface area contributed by atoms with Crippen LogP contribution in [0.25, 0.3) is 0 Å². The third-order valence-electron chi connectivity index (χ3n) is 4.56. The molecule has 3 rings (SSSR count). The predicted octanol–water partition coefficient (Wildman–Crippen LogP) is 3.66. The fraction of sp³-hybridized carbons (Fsp3) is 0.421. The van der Waals surface area contributed by atoms with Gasteiger partial charge < -0.3 is 10.2 Å². The van der Waals surface area contributed by atoms with Crippen LogP contribution in [-0.2, 0) is 6.42 Å². The zero-order chi connectivity index (χ0) is 17.6. The Balaban J connectivity index is 1.51. The number of piperidine rings is 1. The van der Waals surface area contributed by atoms with Crippen LogP contribution >= 0.6 is 11.6 Å². The monoisotopic (exact) mass is 358 g/mol. The van der Waals surface area contributed by atoms with Crippen LogP contribution in [-0.4, -0.2) is 40.6 Å². The van der Waals surface area contributed by atoms with Crippen molar-refractivity contribution in [1.82, 2.24) is 15.1 Å². The van der Waals surface area contributed by atoms with Gasteiger partial charge in [0.15, 0.2) is 5.69 Å². The second-order valence-corrected chi connectivity index (χ2v) is 7.02. The molecule has 2 heterocycles. The SMILES string of the molecule is CC1CCN(C(=O)c2ccc(NCCc3cccc(Cl)c3)nn2)CC1. The van der Waals surface area contributed by atoms with E-state index in [2.05, 4.69) is 22.4 Å². The van der Waals surface area contributed by atoms with Crippen LogP contribution in [0, 0.1) is 5.92 Å². The van der Waals surface area contributed by atoms with E-state index < -0.39 is 0 Å². The minimum Gasteiger partial charge on any atom is -0.368 e. The van der Waals surface area contributed by atoms with Crippen molar-refractivity contribution in [2.24, 2.45) is 5.92 Å². The molecule has 1 aliphatic rings. The molecule has 1 saturated heterocycles. The summed E-state index contributed by atoms with van der Waals surface area (Å²) < 4.78 is 0. The summed E-state index contributed by atoms with van der Waals surface area (Å²) in [5.41, 5.74) is 1.58. The highest BCUT2D eigenvalue weighted by Gasteiger charge is 2.22. The van der Waals surface area contributed by atoms with E-state index in [0.717, 1.165) is 43.9 Å². The largest absolute Gasteiger partial charge is 0.368 e. The normalized spacial score (nSPS) is 15.2. The molecule has 132 valence electrons. The van der Waals surface area contributed by atoms with Gasteiger partial charge in [0.05, 0.1) is 0 Å². The van der Waals surface area contributed by atoms with Gasteiger partial charge in [-0.25, -0.2) is 0 Å². The van der Waals surface area contributed by atoms with Gasteiger partial charge in [-0.1, -0.05) is 30.7 Å². The van der Waals surface area contributed by atoms with Crippen LogP contribution in [0.4, 0.5) is 5.82 Å². The fourth-order valence-electron chi connectivity index (χ4n) is 2.94. The maximum atomic E-state index is 12.4. The smallest absolute Gasteiger partial charge is 0.274 e. The minimum absolute atomic E-state index is 0.0233. The Hall–Kier alpha value is -2.14. The summed E-state index contributed by atoms with van der Waals surface area (Å²) in [5, 5.41) is 12.2. The van der Waals surface area contributed by atoms with Crippen molar-refractivity contribution in [2.75, 3.05) is 25.0 Å². The first kappa shape index (κ1) is 17.7. The Morgan fingerprint density at radius 3 is 2.72 bits per heavy atom. The number of halogens is 1. The molecule has 0 unspecified atom stereocenters. The summed E-state index contributed by atoms with van der Waals surface area (Å²) in [6.45, 7) is 4.57. The van der Waals surface area contributed by atoms with Gasteiger partial charge in [-0.05, 0) is 55.0 Å². The third kappa shape index (κ3) is 4.92. The number of hydrogen-bond acceptors (Lipinski definition) is 4. The number of amides is 1. The molecule has 6 heteroatoms. The van der Waals surface area contributed by atoms with E-state index in [0.29, 0.717) is 17.4 Å². The Bertz CT molecular complexity index is 712. The molecule has 1 aliphatic heterocycles. The quantitative estimate of drug-likeness (QED) is 0.886. The number of carbonyl (C=O) groups is 1. The molecular formula is C19H23ClN4O. The lowest BCUT2D eigenvalue weighted by atomic mass is 9.99. The average molecular weight is 359 g/mol. The second-order valence-electron chi connectivity index (χ2n) is 6.59. The molecule has 0 radical (unpaired) electrons. The van der Waals surface area contributed by atoms with Gasteiger partial charge in [0, 0.05) is 24.7 Å². The van der Waals surface area contributed by atoms with Gasteiger partial charge in [-0.15, -0.1) is 10.2 Å². The predicted molar refractivity (Wildman–Crippen MR) is 100.0 cm³/mol. The number of aromatic nitrogens is 2. The van der Waals surface area contributed by atoms with Crippen LogP contribution in [0.15, 0.2) is 36.4 Å². The summed E-state index contributed by atoms with van der Waals surface area (Å²) in [5.74, 6) is 1.34. The molecule has 0 spiro atoms. The summed E-state index contributed by atoms with van der Waals surface area (Å²) in [6.07, 6.45) is 2.96. The van der Waals surface area contributed by atoms with Gasteiger partial charge in [0.25, 0.3) is 5.91 Å². The zero-order valence-corrected chi connectivity index (χ0v) is 15.2. The molecule has 1 amide bonds. The number of carbonyl (C=O) groups excluding carboxylic acids is 1. The molecule has 0 aliphatic carbocycles. The van der Waals surface area contributed by atoms with E-state index in [-0.39, 0.29) is 5.91 Å². The molecule has 1 N–H and O–H groups in total. The van der Waals surface area contributed by atoms with Gasteiger partial charge >= 0.3 is 0 Å². The lowest BCUT2D eigenvalue weighted by molar-refractivity contribution is 0.0690. The van der Waals surface area contributed by atoms with Gasteiger partial charge in [0.1, 0.15) is 5.82 Å². The van der Waals surface area contributed by atoms with E-state index in [1.54, 1.807) is 6.07 Å². The van der Waals surface area contributed by atoms with E-state index in [9.17, 15) is 4.79 Å². The van der Waals surface area contributed by atoms with Crippen molar-refractivity contribution in [3.8, 4) is 0 Å². The van der Waals surface area contributed by atoms with Crippen LogP contribution < -0.4 is 5.32 Å². The summed E-state index contributed by atoms with van der Waals surface area (Å²) >= 11 is 5.98. The van der Waals surface area contributed by atoms with Gasteiger partial charge in [0.2, 0.25) is 0 Å². The highest BCUT2D eigenvalue weighted by Crippen LogP contribution is 2.18. The van der Waals surface area contributed by atoms with Crippen molar-refractivity contribution < 1.29 is 4.79 Å². The van der Waals surface area contributed by atoms with E-state index in [1.807, 2.05) is 35.2 Å². The van der Waals surface area contributed by atoms with Crippen LogP contribution in [0.2, 0.25) is 5.02 Å². The molecule has 5 nitrogen and oxygen atoms in total. The lowest BCUT2D eigenvalue weighted by Gasteiger charge is -2.29. The van der Waals surface area contributed by atoms with Crippen molar-refractivity contribution in [3.05, 3.63) is 52.7 Å². The van der Waals surface area contributed by atoms with E-state index >= 15 is 0 Å². The Kier molecular flexibility index (Phi) is 5.87. The molecule has 1 aromatic heterocycles. The lowest BCUT2D eigenvalue weighted by Crippen LogP contribution is -2.38. The summed E-state index contributed by atoms with van der Waals surface area (Å²) in [4.78, 5) is 14.3. The maximum Gasteiger partial charge on any atom is 0.274 e. The zero-order valence-electron chi connectivity index (χ0n) is 14.4. The van der Waals surface area contributed by atoms with Crippen LogP contribution in [0.3, 0.4) is 0 Å². The molecule has 25 heavy (non-hydrogen) atoms. The topological polar surface area (TPSA) is 58.1 Å². The number of nitrogens with one attached hydrogen (secondary N) is 1. The number of hydrogen-bond donors (Lipinski definition) is 1. The summed E-state index contributed by atoms with van der Waals surface area (Å²) in [6, 6.07) is 11.4. The van der Waals surface area contributed by atoms with Crippen molar-refractivity contribution in [2.45, 2.75) is 26.2 Å². The molecule has 0 saturated carbocycles. The highest BCUT2D eigenvalue weighted by atomic mass is 35.5. The Morgan fingerprint density at radius 2 is 2.04 bits per heavy atom. The van der Waals surface area contributed by atoms with Crippen molar-refractivity contribution >= 4 is 23.3 Å². The first-order chi connectivity index (χ1) is 12.1. The molecule has 0 atom stereocenters. The molecule has 1 fully saturated rings. The number of benzene rings is 1. The van der Waals surface area contributed by atoms with Crippen LogP contribution in [0.5, 0.6) is 0 Å². The Labute approximate surface area is 153 Å².